The fourth-order valence-corrected chi connectivity index (χ4v) is 6.32. The van der Waals surface area contributed by atoms with Crippen molar-refractivity contribution in [2.45, 2.75) is 44.1 Å². The predicted octanol–water partition coefficient (Wildman–Crippen LogP) is 2.89. The van der Waals surface area contributed by atoms with Crippen LogP contribution in [0.25, 0.3) is 21.9 Å². The molecule has 10 heteroatoms. The number of anilines is 1. The van der Waals surface area contributed by atoms with Gasteiger partial charge in [-0.05, 0) is 59.5 Å². The minimum atomic E-state index is -1.20. The van der Waals surface area contributed by atoms with E-state index in [-0.39, 0.29) is 11.9 Å². The van der Waals surface area contributed by atoms with E-state index in [1.54, 1.807) is 11.9 Å². The third-order valence-electron chi connectivity index (χ3n) is 7.90. The number of nitrogens with two attached hydrogens (primary N) is 1. The van der Waals surface area contributed by atoms with Crippen molar-refractivity contribution in [3.8, 4) is 0 Å². The van der Waals surface area contributed by atoms with Crippen LogP contribution in [0.15, 0.2) is 47.3 Å². The number of halogens is 1. The molecule has 0 bridgehead atoms. The van der Waals surface area contributed by atoms with E-state index in [1.165, 1.54) is 6.33 Å². The number of carbonyl (C=O) groups is 1. The smallest absolute Gasteiger partial charge is 0.231 e. The Hall–Kier alpha value is -3.08. The van der Waals surface area contributed by atoms with Gasteiger partial charge in [0.25, 0.3) is 0 Å². The van der Waals surface area contributed by atoms with Crippen molar-refractivity contribution >= 4 is 49.6 Å². The molecule has 4 heterocycles. The van der Waals surface area contributed by atoms with Crippen molar-refractivity contribution in [1.82, 2.24) is 24.4 Å². The molecular weight excluding hydrogens is 512 g/mol. The van der Waals surface area contributed by atoms with Gasteiger partial charge in [-0.15, -0.1) is 0 Å². The molecule has 3 aromatic heterocycles. The van der Waals surface area contributed by atoms with Crippen LogP contribution in [0.1, 0.15) is 36.2 Å². The molecule has 2 aliphatic rings. The summed E-state index contributed by atoms with van der Waals surface area (Å²) in [6, 6.07) is 8.97. The second-order valence-corrected chi connectivity index (χ2v) is 10.6. The number of aliphatic hydroxyl groups excluding tert-OH is 2. The zero-order valence-corrected chi connectivity index (χ0v) is 20.8. The van der Waals surface area contributed by atoms with Crippen LogP contribution in [0.5, 0.6) is 0 Å². The van der Waals surface area contributed by atoms with Gasteiger partial charge in [-0.2, -0.15) is 0 Å². The van der Waals surface area contributed by atoms with Crippen molar-refractivity contribution in [3.05, 3.63) is 58.6 Å². The van der Waals surface area contributed by atoms with E-state index in [0.717, 1.165) is 32.0 Å². The van der Waals surface area contributed by atoms with Crippen LogP contribution in [0.2, 0.25) is 0 Å². The number of rotatable bonds is 2. The number of carbonyl (C=O) groups excluding carboxylic acids is 1. The van der Waals surface area contributed by atoms with E-state index >= 15 is 0 Å². The maximum Gasteiger partial charge on any atom is 0.231 e. The molecule has 6 rings (SSSR count). The lowest BCUT2D eigenvalue weighted by Crippen LogP contribution is -2.42. The molecule has 1 saturated carbocycles. The van der Waals surface area contributed by atoms with Gasteiger partial charge < -0.3 is 25.4 Å². The molecular formula is C25H25BrN6O3. The van der Waals surface area contributed by atoms with Crippen LogP contribution in [-0.4, -0.2) is 59.8 Å². The average molecular weight is 537 g/mol. The Labute approximate surface area is 209 Å². The molecule has 9 nitrogen and oxygen atoms in total. The van der Waals surface area contributed by atoms with Gasteiger partial charge in [0.15, 0.2) is 0 Å². The van der Waals surface area contributed by atoms with E-state index in [0.29, 0.717) is 24.3 Å². The lowest BCUT2D eigenvalue weighted by Gasteiger charge is -2.25. The average Bonchev–Trinajstić information content (AvgIpc) is 3.46. The Morgan fingerprint density at radius 1 is 1.17 bits per heavy atom. The van der Waals surface area contributed by atoms with E-state index in [1.807, 2.05) is 48.0 Å². The zero-order chi connectivity index (χ0) is 24.6. The van der Waals surface area contributed by atoms with Crippen molar-refractivity contribution in [3.63, 3.8) is 0 Å². The summed E-state index contributed by atoms with van der Waals surface area (Å²) in [7, 11) is 1.75. The molecule has 1 amide bonds. The lowest BCUT2D eigenvalue weighted by molar-refractivity contribution is -0.141. The summed E-state index contributed by atoms with van der Waals surface area (Å²) in [5, 5.41) is 24.2. The second-order valence-electron chi connectivity index (χ2n) is 9.73. The molecule has 35 heavy (non-hydrogen) atoms. The van der Waals surface area contributed by atoms with Gasteiger partial charge in [-0.25, -0.2) is 15.0 Å². The summed E-state index contributed by atoms with van der Waals surface area (Å²) < 4.78 is 2.60. The molecule has 1 spiro atoms. The first-order valence-electron chi connectivity index (χ1n) is 11.5. The Morgan fingerprint density at radius 2 is 1.97 bits per heavy atom. The monoisotopic (exact) mass is 536 g/mol. The van der Waals surface area contributed by atoms with Crippen LogP contribution in [0.3, 0.4) is 0 Å². The molecule has 1 aromatic carbocycles. The summed E-state index contributed by atoms with van der Waals surface area (Å²) in [5.74, 6) is 0.236. The highest BCUT2D eigenvalue weighted by Crippen LogP contribution is 2.56. The van der Waals surface area contributed by atoms with Crippen LogP contribution in [-0.2, 0) is 4.79 Å². The van der Waals surface area contributed by atoms with Crippen LogP contribution in [0.4, 0.5) is 5.82 Å². The second kappa shape index (κ2) is 7.71. The van der Waals surface area contributed by atoms with Crippen LogP contribution >= 0.6 is 15.9 Å². The number of nitrogens with zero attached hydrogens (tertiary/aromatic N) is 5. The lowest BCUT2D eigenvalue weighted by atomic mass is 9.79. The number of benzene rings is 1. The molecule has 4 aromatic rings. The minimum Gasteiger partial charge on any atom is -0.389 e. The van der Waals surface area contributed by atoms with Gasteiger partial charge in [-0.3, -0.25) is 4.79 Å². The molecule has 0 radical (unpaired) electrons. The topological polar surface area (TPSA) is 130 Å². The molecule has 2 fully saturated rings. The fraction of sp³-hybridized carbons (Fsp3) is 0.360. The summed E-state index contributed by atoms with van der Waals surface area (Å²) >= 11 is 3.41. The highest BCUT2D eigenvalue weighted by atomic mass is 79.9. The maximum absolute atomic E-state index is 13.6. The third-order valence-corrected chi connectivity index (χ3v) is 8.54. The fourth-order valence-electron chi connectivity index (χ4n) is 5.98. The number of amides is 1. The SMILES string of the molecule is Cc1ncnc2c1ccn2C1CC2(CC(c3ccc4cc(Br)c(N)nc4c3)N(C)C2=O)C(O)C1O. The summed E-state index contributed by atoms with van der Waals surface area (Å²) in [6.07, 6.45) is 1.75. The summed E-state index contributed by atoms with van der Waals surface area (Å²) in [5.41, 5.74) is 8.07. The van der Waals surface area contributed by atoms with E-state index < -0.39 is 23.7 Å². The number of fused-ring (bicyclic) bond motifs is 2. The normalized spacial score (nSPS) is 28.7. The molecule has 4 N–H and O–H groups in total. The number of likely N-dealkylation sites (tertiary alicyclic amines) is 1. The number of aromatic nitrogens is 4. The number of hydrogen-bond donors (Lipinski definition) is 3. The molecule has 1 aliphatic heterocycles. The summed E-state index contributed by atoms with van der Waals surface area (Å²) in [6.45, 7) is 1.90. The largest absolute Gasteiger partial charge is 0.389 e. The van der Waals surface area contributed by atoms with Crippen LogP contribution < -0.4 is 5.73 Å². The van der Waals surface area contributed by atoms with Crippen molar-refractivity contribution in [2.75, 3.05) is 12.8 Å². The van der Waals surface area contributed by atoms with Gasteiger partial charge in [0.2, 0.25) is 5.91 Å². The molecule has 1 saturated heterocycles. The highest BCUT2D eigenvalue weighted by Gasteiger charge is 2.63. The quantitative estimate of drug-likeness (QED) is 0.359. The maximum atomic E-state index is 13.6. The van der Waals surface area contributed by atoms with Crippen molar-refractivity contribution in [1.29, 1.82) is 0 Å². The minimum absolute atomic E-state index is 0.165. The van der Waals surface area contributed by atoms with Crippen LogP contribution in [0, 0.1) is 12.3 Å². The molecule has 180 valence electrons. The van der Waals surface area contributed by atoms with Gasteiger partial charge >= 0.3 is 0 Å². The van der Waals surface area contributed by atoms with E-state index in [9.17, 15) is 15.0 Å². The molecule has 5 unspecified atom stereocenters. The molecule has 1 aliphatic carbocycles. The van der Waals surface area contributed by atoms with E-state index in [4.69, 9.17) is 5.73 Å². The number of nitrogen functional groups attached to an aromatic ring is 1. The third kappa shape index (κ3) is 3.13. The Bertz CT molecular complexity index is 1510. The van der Waals surface area contributed by atoms with Gasteiger partial charge in [0, 0.05) is 24.0 Å². The Morgan fingerprint density at radius 3 is 2.77 bits per heavy atom. The number of hydrogen-bond acceptors (Lipinski definition) is 7. The van der Waals surface area contributed by atoms with E-state index in [2.05, 4.69) is 30.9 Å². The Balaban J connectivity index is 1.37. The van der Waals surface area contributed by atoms with Gasteiger partial charge in [-0.1, -0.05) is 12.1 Å². The predicted molar refractivity (Wildman–Crippen MR) is 134 cm³/mol. The number of aryl methyl sites for hydroxylation is 1. The first kappa shape index (κ1) is 22.4. The van der Waals surface area contributed by atoms with Gasteiger partial charge in [0.1, 0.15) is 23.9 Å². The van der Waals surface area contributed by atoms with Crippen molar-refractivity contribution < 1.29 is 15.0 Å². The number of pyridine rings is 1. The first-order chi connectivity index (χ1) is 16.7. The zero-order valence-electron chi connectivity index (χ0n) is 19.3. The van der Waals surface area contributed by atoms with Crippen molar-refractivity contribution in [2.24, 2.45) is 5.41 Å². The number of aliphatic hydroxyl groups is 2. The highest BCUT2D eigenvalue weighted by molar-refractivity contribution is 9.10. The first-order valence-corrected chi connectivity index (χ1v) is 12.3. The van der Waals surface area contributed by atoms with Gasteiger partial charge in [0.05, 0.1) is 39.3 Å². The Kier molecular flexibility index (Phi) is 4.93. The molecule has 5 atom stereocenters. The summed E-state index contributed by atoms with van der Waals surface area (Å²) in [4.78, 5) is 28.4. The standard InChI is InChI=1S/C25H25BrN6O3/c1-12-15-5-6-32(23(15)29-11-28-12)19-10-25(21(34)20(19)33)9-18(31(2)24(25)35)14-4-3-13-7-16(26)22(27)30-17(13)8-14/h3-8,11,18-21,33-34H,9-10H2,1-2H3,(H2,27,30).